The molecule has 0 saturated heterocycles. The van der Waals surface area contributed by atoms with Crippen molar-refractivity contribution in [1.29, 1.82) is 0 Å². The predicted octanol–water partition coefficient (Wildman–Crippen LogP) is 1.31. The van der Waals surface area contributed by atoms with Gasteiger partial charge in [-0.05, 0) is 25.1 Å². The molecule has 0 bridgehead atoms. The van der Waals surface area contributed by atoms with E-state index < -0.39 is 5.97 Å². The Morgan fingerprint density at radius 1 is 1.24 bits per heavy atom. The first-order valence-corrected chi connectivity index (χ1v) is 5.90. The van der Waals surface area contributed by atoms with Crippen LogP contribution in [0.4, 0.5) is 0 Å². The highest BCUT2D eigenvalue weighted by Gasteiger charge is 2.07. The minimum atomic E-state index is -0.754. The first kappa shape index (κ1) is 13.7. The van der Waals surface area contributed by atoms with Crippen LogP contribution in [0.15, 0.2) is 30.3 Å². The maximum atomic E-state index is 10.6. The van der Waals surface area contributed by atoms with Crippen molar-refractivity contribution in [3.63, 3.8) is 0 Å². The molecule has 0 radical (unpaired) electrons. The molecule has 0 aliphatic rings. The van der Waals surface area contributed by atoms with Gasteiger partial charge in [0.25, 0.3) is 0 Å². The maximum absolute atomic E-state index is 10.6. The summed E-state index contributed by atoms with van der Waals surface area (Å²) in [5, 5.41) is 8.70. The molecule has 0 aromatic heterocycles. The van der Waals surface area contributed by atoms with Crippen molar-refractivity contribution in [3.05, 3.63) is 35.9 Å². The molecule has 4 heteroatoms. The summed E-state index contributed by atoms with van der Waals surface area (Å²) in [5.41, 5.74) is 6.69. The summed E-state index contributed by atoms with van der Waals surface area (Å²) in [6.45, 7) is 2.84. The number of nitrogens with zero attached hydrogens (tertiary/aromatic N) is 1. The molecule has 0 fully saturated rings. The summed E-state index contributed by atoms with van der Waals surface area (Å²) in [6, 6.07) is 10.1. The lowest BCUT2D eigenvalue weighted by atomic mass is 10.2. The number of carboxylic acid groups (broad SMARTS) is 1. The fourth-order valence-electron chi connectivity index (χ4n) is 1.68. The van der Waals surface area contributed by atoms with Crippen LogP contribution < -0.4 is 5.73 Å². The molecular formula is C13H20N2O2. The highest BCUT2D eigenvalue weighted by Crippen LogP contribution is 2.05. The molecule has 0 unspecified atom stereocenters. The average molecular weight is 236 g/mol. The van der Waals surface area contributed by atoms with Crippen LogP contribution in [0, 0.1) is 0 Å². The summed E-state index contributed by atoms with van der Waals surface area (Å²) < 4.78 is 0. The monoisotopic (exact) mass is 236 g/mol. The lowest BCUT2D eigenvalue weighted by Gasteiger charge is -2.21. The number of hydrogen-bond donors (Lipinski definition) is 2. The van der Waals surface area contributed by atoms with Crippen LogP contribution >= 0.6 is 0 Å². The first-order valence-electron chi connectivity index (χ1n) is 5.90. The van der Waals surface area contributed by atoms with E-state index in [4.69, 9.17) is 10.8 Å². The van der Waals surface area contributed by atoms with E-state index in [2.05, 4.69) is 17.0 Å². The third-order valence-electron chi connectivity index (χ3n) is 2.57. The van der Waals surface area contributed by atoms with E-state index in [1.54, 1.807) is 0 Å². The Balaban J connectivity index is 2.47. The van der Waals surface area contributed by atoms with Gasteiger partial charge in [0.05, 0.1) is 6.42 Å². The quantitative estimate of drug-likeness (QED) is 0.714. The van der Waals surface area contributed by atoms with Gasteiger partial charge in [-0.25, -0.2) is 0 Å². The Morgan fingerprint density at radius 2 is 1.94 bits per heavy atom. The standard InChI is InChI=1S/C13H20N2O2/c14-8-4-9-15(10-7-13(16)17)11-12-5-2-1-3-6-12/h1-3,5-6H,4,7-11,14H2,(H,16,17). The Bertz CT molecular complexity index is 327. The summed E-state index contributed by atoms with van der Waals surface area (Å²) in [7, 11) is 0. The van der Waals surface area contributed by atoms with Gasteiger partial charge in [0, 0.05) is 13.1 Å². The van der Waals surface area contributed by atoms with Gasteiger partial charge in [-0.1, -0.05) is 30.3 Å². The Kier molecular flexibility index (Phi) is 6.29. The lowest BCUT2D eigenvalue weighted by molar-refractivity contribution is -0.137. The van der Waals surface area contributed by atoms with Gasteiger partial charge in [-0.15, -0.1) is 0 Å². The molecule has 0 saturated carbocycles. The van der Waals surface area contributed by atoms with Crippen molar-refractivity contribution in [1.82, 2.24) is 4.90 Å². The van der Waals surface area contributed by atoms with Gasteiger partial charge in [0.1, 0.15) is 0 Å². The Labute approximate surface area is 102 Å². The fourth-order valence-corrected chi connectivity index (χ4v) is 1.68. The summed E-state index contributed by atoms with van der Waals surface area (Å²) in [4.78, 5) is 12.7. The molecule has 94 valence electrons. The number of hydrogen-bond acceptors (Lipinski definition) is 3. The number of carbonyl (C=O) groups is 1. The van der Waals surface area contributed by atoms with Gasteiger partial charge in [0.15, 0.2) is 0 Å². The van der Waals surface area contributed by atoms with Crippen LogP contribution in [0.3, 0.4) is 0 Å². The molecule has 0 spiro atoms. The van der Waals surface area contributed by atoms with Crippen LogP contribution in [-0.4, -0.2) is 35.6 Å². The third kappa shape index (κ3) is 6.04. The maximum Gasteiger partial charge on any atom is 0.304 e. The smallest absolute Gasteiger partial charge is 0.304 e. The molecule has 0 heterocycles. The number of aliphatic carboxylic acids is 1. The van der Waals surface area contributed by atoms with Gasteiger partial charge < -0.3 is 10.8 Å². The lowest BCUT2D eigenvalue weighted by Crippen LogP contribution is -2.28. The Hall–Kier alpha value is -1.39. The zero-order valence-electron chi connectivity index (χ0n) is 10.0. The second-order valence-electron chi connectivity index (χ2n) is 4.05. The molecule has 0 atom stereocenters. The van der Waals surface area contributed by atoms with Crippen molar-refractivity contribution in [2.24, 2.45) is 5.73 Å². The molecular weight excluding hydrogens is 216 g/mol. The summed E-state index contributed by atoms with van der Waals surface area (Å²) in [5.74, 6) is -0.754. The van der Waals surface area contributed by atoms with Crippen LogP contribution in [0.5, 0.6) is 0 Å². The number of rotatable bonds is 8. The largest absolute Gasteiger partial charge is 0.481 e. The predicted molar refractivity (Wildman–Crippen MR) is 67.6 cm³/mol. The SMILES string of the molecule is NCCCN(CCC(=O)O)Cc1ccccc1. The second-order valence-corrected chi connectivity index (χ2v) is 4.05. The van der Waals surface area contributed by atoms with E-state index in [0.29, 0.717) is 13.1 Å². The molecule has 0 amide bonds. The van der Waals surface area contributed by atoms with Crippen LogP contribution in [-0.2, 0) is 11.3 Å². The van der Waals surface area contributed by atoms with E-state index in [1.165, 1.54) is 5.56 Å². The minimum absolute atomic E-state index is 0.178. The summed E-state index contributed by atoms with van der Waals surface area (Å²) >= 11 is 0. The molecule has 4 nitrogen and oxygen atoms in total. The van der Waals surface area contributed by atoms with E-state index in [1.807, 2.05) is 18.2 Å². The molecule has 3 N–H and O–H groups in total. The molecule has 0 aliphatic heterocycles. The molecule has 0 aliphatic carbocycles. The molecule has 1 rings (SSSR count). The van der Waals surface area contributed by atoms with E-state index >= 15 is 0 Å². The topological polar surface area (TPSA) is 66.6 Å². The van der Waals surface area contributed by atoms with Crippen molar-refractivity contribution in [3.8, 4) is 0 Å². The van der Waals surface area contributed by atoms with Crippen molar-refractivity contribution in [2.45, 2.75) is 19.4 Å². The fraction of sp³-hybridized carbons (Fsp3) is 0.462. The van der Waals surface area contributed by atoms with Gasteiger partial charge in [0.2, 0.25) is 0 Å². The first-order chi connectivity index (χ1) is 8.22. The van der Waals surface area contributed by atoms with Gasteiger partial charge in [-0.3, -0.25) is 9.69 Å². The zero-order valence-corrected chi connectivity index (χ0v) is 10.0. The van der Waals surface area contributed by atoms with Gasteiger partial charge in [-0.2, -0.15) is 0 Å². The van der Waals surface area contributed by atoms with E-state index in [-0.39, 0.29) is 6.42 Å². The van der Waals surface area contributed by atoms with Crippen molar-refractivity contribution >= 4 is 5.97 Å². The third-order valence-corrected chi connectivity index (χ3v) is 2.57. The number of benzene rings is 1. The van der Waals surface area contributed by atoms with Crippen molar-refractivity contribution < 1.29 is 9.90 Å². The van der Waals surface area contributed by atoms with Crippen molar-refractivity contribution in [2.75, 3.05) is 19.6 Å². The number of nitrogens with two attached hydrogens (primary N) is 1. The van der Waals surface area contributed by atoms with Gasteiger partial charge >= 0.3 is 5.97 Å². The average Bonchev–Trinajstić information content (AvgIpc) is 2.34. The van der Waals surface area contributed by atoms with E-state index in [0.717, 1.165) is 19.5 Å². The zero-order chi connectivity index (χ0) is 12.5. The minimum Gasteiger partial charge on any atom is -0.481 e. The molecule has 1 aromatic rings. The van der Waals surface area contributed by atoms with E-state index in [9.17, 15) is 4.79 Å². The molecule has 17 heavy (non-hydrogen) atoms. The van der Waals surface area contributed by atoms with Crippen LogP contribution in [0.1, 0.15) is 18.4 Å². The second kappa shape index (κ2) is 7.81. The normalized spacial score (nSPS) is 10.7. The van der Waals surface area contributed by atoms with Crippen LogP contribution in [0.25, 0.3) is 0 Å². The molecule has 1 aromatic carbocycles. The highest BCUT2D eigenvalue weighted by molar-refractivity contribution is 5.66. The summed E-state index contributed by atoms with van der Waals surface area (Å²) in [6.07, 6.45) is 1.07. The highest BCUT2D eigenvalue weighted by atomic mass is 16.4. The van der Waals surface area contributed by atoms with Crippen LogP contribution in [0.2, 0.25) is 0 Å². The number of carboxylic acids is 1. The Morgan fingerprint density at radius 3 is 2.53 bits per heavy atom.